The molecule has 7 N–H and O–H groups in total. The van der Waals surface area contributed by atoms with E-state index in [1.54, 1.807) is 0 Å². The molecule has 1 aromatic heterocycles. The normalized spacial score (nSPS) is 7.23. The summed E-state index contributed by atoms with van der Waals surface area (Å²) in [6.07, 6.45) is 0. The molecule has 1 aromatic rings. The third-order valence-electron chi connectivity index (χ3n) is 0.687. The predicted octanol–water partition coefficient (Wildman–Crippen LogP) is -1.96. The van der Waals surface area contributed by atoms with Crippen molar-refractivity contribution in [2.75, 3.05) is 24.3 Å². The monoisotopic (exact) mass is 188 g/mol. The van der Waals surface area contributed by atoms with Crippen molar-refractivity contribution in [1.29, 1.82) is 0 Å². The van der Waals surface area contributed by atoms with Crippen molar-refractivity contribution in [2.45, 2.75) is 0 Å². The zero-order valence-electron chi connectivity index (χ0n) is 7.14. The van der Waals surface area contributed by atoms with Crippen LogP contribution in [0.3, 0.4) is 0 Å². The van der Waals surface area contributed by atoms with Gasteiger partial charge in [-0.05, 0) is 0 Å². The molecule has 0 unspecified atom stereocenters. The molecule has 8 nitrogen and oxygen atoms in total. The zero-order chi connectivity index (χ0) is 10.9. The first-order chi connectivity index (χ1) is 6.18. The van der Waals surface area contributed by atoms with E-state index in [-0.39, 0.29) is 17.8 Å². The number of carbonyl (C=O) groups excluding carboxylic acids is 1. The van der Waals surface area contributed by atoms with E-state index in [9.17, 15) is 0 Å². The fourth-order valence-electron chi connectivity index (χ4n) is 0.427. The van der Waals surface area contributed by atoms with Crippen molar-refractivity contribution >= 4 is 24.6 Å². The van der Waals surface area contributed by atoms with Gasteiger partial charge in [-0.3, -0.25) is 0 Å². The molecule has 0 aliphatic heterocycles. The summed E-state index contributed by atoms with van der Waals surface area (Å²) >= 11 is 0. The molecule has 0 atom stereocenters. The number of nitrogen functional groups attached to an aromatic ring is 3. The smallest absolute Gasteiger partial charge is 0.226 e. The van der Waals surface area contributed by atoms with Crippen LogP contribution in [0.15, 0.2) is 0 Å². The molecule has 0 aliphatic carbocycles. The average molecular weight is 188 g/mol. The quantitative estimate of drug-likeness (QED) is 0.366. The van der Waals surface area contributed by atoms with Gasteiger partial charge in [-0.2, -0.15) is 15.0 Å². The molecule has 1 heterocycles. The van der Waals surface area contributed by atoms with Crippen LogP contribution in [0, 0.1) is 0 Å². The molecular formula is C5H12N6O2. The standard InChI is InChI=1S/C3H6N6.CH4O.CH2O/c4-1-7-2(5)9-3(6)8-1;2*1-2/h(H6,4,5,6,7,8,9);2H,1H3;1H2. The number of nitrogens with two attached hydrogens (primary N) is 3. The first-order valence-corrected chi connectivity index (χ1v) is 2.94. The number of nitrogens with zero attached hydrogens (tertiary/aromatic N) is 3. The van der Waals surface area contributed by atoms with Gasteiger partial charge in [0.05, 0.1) is 0 Å². The van der Waals surface area contributed by atoms with Gasteiger partial charge in [0.15, 0.2) is 0 Å². The summed E-state index contributed by atoms with van der Waals surface area (Å²) < 4.78 is 0. The summed E-state index contributed by atoms with van der Waals surface area (Å²) in [5, 5.41) is 7.00. The zero-order valence-corrected chi connectivity index (χ0v) is 7.14. The van der Waals surface area contributed by atoms with E-state index >= 15 is 0 Å². The van der Waals surface area contributed by atoms with E-state index in [4.69, 9.17) is 27.1 Å². The van der Waals surface area contributed by atoms with Crippen molar-refractivity contribution in [3.8, 4) is 0 Å². The lowest BCUT2D eigenvalue weighted by atomic mass is 10.9. The van der Waals surface area contributed by atoms with Crippen LogP contribution >= 0.6 is 0 Å². The van der Waals surface area contributed by atoms with Crippen LogP contribution in [0.5, 0.6) is 0 Å². The number of aliphatic hydroxyl groups is 1. The third kappa shape index (κ3) is 6.44. The summed E-state index contributed by atoms with van der Waals surface area (Å²) in [4.78, 5) is 18.5. The lowest BCUT2D eigenvalue weighted by Gasteiger charge is -1.93. The van der Waals surface area contributed by atoms with Gasteiger partial charge in [-0.25, -0.2) is 0 Å². The molecule has 0 radical (unpaired) electrons. The van der Waals surface area contributed by atoms with Gasteiger partial charge in [0.25, 0.3) is 0 Å². The van der Waals surface area contributed by atoms with Gasteiger partial charge in [0.2, 0.25) is 17.8 Å². The van der Waals surface area contributed by atoms with E-state index in [0.29, 0.717) is 0 Å². The fraction of sp³-hybridized carbons (Fsp3) is 0.200. The minimum absolute atomic E-state index is 0.0417. The van der Waals surface area contributed by atoms with Crippen molar-refractivity contribution in [1.82, 2.24) is 15.0 Å². The second kappa shape index (κ2) is 8.14. The van der Waals surface area contributed by atoms with Crippen LogP contribution in [-0.2, 0) is 4.79 Å². The van der Waals surface area contributed by atoms with E-state index in [1.165, 1.54) is 0 Å². The van der Waals surface area contributed by atoms with E-state index in [0.717, 1.165) is 7.11 Å². The third-order valence-corrected chi connectivity index (χ3v) is 0.687. The number of aromatic nitrogens is 3. The Morgan fingerprint density at radius 1 is 0.923 bits per heavy atom. The molecule has 0 bridgehead atoms. The Morgan fingerprint density at radius 3 is 1.23 bits per heavy atom. The topological polar surface area (TPSA) is 154 Å². The largest absolute Gasteiger partial charge is 0.400 e. The number of aliphatic hydroxyl groups excluding tert-OH is 1. The molecule has 0 aromatic carbocycles. The molecule has 0 saturated heterocycles. The highest BCUT2D eigenvalue weighted by atomic mass is 16.2. The lowest BCUT2D eigenvalue weighted by Crippen LogP contribution is -2.05. The van der Waals surface area contributed by atoms with Crippen molar-refractivity contribution in [3.63, 3.8) is 0 Å². The number of carbonyl (C=O) groups is 1. The Hall–Kier alpha value is -1.96. The van der Waals surface area contributed by atoms with E-state index in [1.807, 2.05) is 6.79 Å². The van der Waals surface area contributed by atoms with Gasteiger partial charge in [-0.1, -0.05) is 0 Å². The molecule has 0 amide bonds. The molecule has 0 aliphatic rings. The summed E-state index contributed by atoms with van der Waals surface area (Å²) in [5.74, 6) is 0.125. The number of hydrogen-bond acceptors (Lipinski definition) is 8. The molecule has 8 heteroatoms. The predicted molar refractivity (Wildman–Crippen MR) is 48.3 cm³/mol. The summed E-state index contributed by atoms with van der Waals surface area (Å²) in [5.41, 5.74) is 15.4. The molecule has 13 heavy (non-hydrogen) atoms. The van der Waals surface area contributed by atoms with Crippen molar-refractivity contribution in [3.05, 3.63) is 0 Å². The van der Waals surface area contributed by atoms with E-state index < -0.39 is 0 Å². The van der Waals surface area contributed by atoms with Crippen LogP contribution < -0.4 is 17.2 Å². The molecular weight excluding hydrogens is 176 g/mol. The Morgan fingerprint density at radius 2 is 1.08 bits per heavy atom. The second-order valence-corrected chi connectivity index (χ2v) is 1.41. The Labute approximate surface area is 74.8 Å². The van der Waals surface area contributed by atoms with Gasteiger partial charge in [0, 0.05) is 7.11 Å². The van der Waals surface area contributed by atoms with Crippen LogP contribution in [0.4, 0.5) is 17.8 Å². The first kappa shape index (κ1) is 13.6. The highest BCUT2D eigenvalue weighted by Crippen LogP contribution is 1.97. The molecule has 0 fully saturated rings. The van der Waals surface area contributed by atoms with Crippen molar-refractivity contribution in [2.24, 2.45) is 0 Å². The summed E-state index contributed by atoms with van der Waals surface area (Å²) in [6.45, 7) is 2.00. The maximum atomic E-state index is 8.00. The number of hydrogen-bond donors (Lipinski definition) is 4. The lowest BCUT2D eigenvalue weighted by molar-refractivity contribution is -0.0979. The Kier molecular flexibility index (Phi) is 8.53. The number of anilines is 3. The molecule has 0 saturated carbocycles. The van der Waals surface area contributed by atoms with Crippen LogP contribution in [0.25, 0.3) is 0 Å². The highest BCUT2D eigenvalue weighted by molar-refractivity contribution is 5.33. The highest BCUT2D eigenvalue weighted by Gasteiger charge is 1.93. The number of rotatable bonds is 0. The summed E-state index contributed by atoms with van der Waals surface area (Å²) in [7, 11) is 1.00. The van der Waals surface area contributed by atoms with E-state index in [2.05, 4.69) is 15.0 Å². The minimum Gasteiger partial charge on any atom is -0.400 e. The second-order valence-electron chi connectivity index (χ2n) is 1.41. The van der Waals surface area contributed by atoms with Gasteiger partial charge < -0.3 is 27.1 Å². The van der Waals surface area contributed by atoms with Crippen LogP contribution in [0.1, 0.15) is 0 Å². The van der Waals surface area contributed by atoms with Gasteiger partial charge in [0.1, 0.15) is 6.79 Å². The fourth-order valence-corrected chi connectivity index (χ4v) is 0.427. The Bertz CT molecular complexity index is 192. The van der Waals surface area contributed by atoms with Gasteiger partial charge in [-0.15, -0.1) is 0 Å². The maximum absolute atomic E-state index is 8.00. The van der Waals surface area contributed by atoms with Crippen molar-refractivity contribution < 1.29 is 9.90 Å². The average Bonchev–Trinajstić information content (AvgIpc) is 2.09. The van der Waals surface area contributed by atoms with Crippen LogP contribution in [0.2, 0.25) is 0 Å². The van der Waals surface area contributed by atoms with Gasteiger partial charge >= 0.3 is 0 Å². The SMILES string of the molecule is C=O.CO.Nc1nc(N)nc(N)n1. The van der Waals surface area contributed by atoms with Crippen LogP contribution in [-0.4, -0.2) is 34.0 Å². The first-order valence-electron chi connectivity index (χ1n) is 2.94. The molecule has 0 spiro atoms. The Balaban J connectivity index is 0. The molecule has 74 valence electrons. The summed E-state index contributed by atoms with van der Waals surface area (Å²) in [6, 6.07) is 0. The maximum Gasteiger partial charge on any atom is 0.226 e. The minimum atomic E-state index is 0.0417. The molecule has 1 rings (SSSR count).